The Morgan fingerprint density at radius 3 is 2.28 bits per heavy atom. The lowest BCUT2D eigenvalue weighted by molar-refractivity contribution is -0.143. The van der Waals surface area contributed by atoms with E-state index in [1.54, 1.807) is 0 Å². The molecule has 1 rings (SSSR count). The summed E-state index contributed by atoms with van der Waals surface area (Å²) in [6.45, 7) is 9.65. The molecule has 0 bridgehead atoms. The summed E-state index contributed by atoms with van der Waals surface area (Å²) < 4.78 is 0. The number of carboxylic acid groups (broad SMARTS) is 1. The Bertz CT molecular complexity index is 411. The summed E-state index contributed by atoms with van der Waals surface area (Å²) in [7, 11) is 0. The quantitative estimate of drug-likeness (QED) is 0.842. The number of rotatable bonds is 6. The Morgan fingerprint density at radius 2 is 1.83 bits per heavy atom. The molecule has 3 heteroatoms. The average Bonchev–Trinajstić information content (AvgIpc) is 2.33. The highest BCUT2D eigenvalue weighted by Gasteiger charge is 2.23. The first-order valence-corrected chi connectivity index (χ1v) is 6.52. The van der Waals surface area contributed by atoms with E-state index < -0.39 is 12.0 Å². The molecule has 0 aliphatic heterocycles. The smallest absolute Gasteiger partial charge is 0.321 e. The van der Waals surface area contributed by atoms with Crippen LogP contribution in [-0.4, -0.2) is 35.1 Å². The largest absolute Gasteiger partial charge is 0.480 e. The van der Waals surface area contributed by atoms with Crippen LogP contribution in [0.15, 0.2) is 18.2 Å². The van der Waals surface area contributed by atoms with Gasteiger partial charge in [0.05, 0.1) is 0 Å². The minimum Gasteiger partial charge on any atom is -0.480 e. The van der Waals surface area contributed by atoms with Gasteiger partial charge in [0, 0.05) is 0 Å². The fourth-order valence-electron chi connectivity index (χ4n) is 2.19. The minimum absolute atomic E-state index is 0.429. The number of aliphatic carboxylic acids is 1. The predicted octanol–water partition coefficient (Wildman–Crippen LogP) is 2.64. The van der Waals surface area contributed by atoms with Gasteiger partial charge in [-0.15, -0.1) is 0 Å². The van der Waals surface area contributed by atoms with E-state index in [4.69, 9.17) is 0 Å². The third-order valence-electron chi connectivity index (χ3n) is 3.54. The van der Waals surface area contributed by atoms with Crippen molar-refractivity contribution in [2.24, 2.45) is 0 Å². The SMILES string of the molecule is CCN(CC)[C@H](Cc1ccc(C)c(C)c1)C(=O)O. The molecule has 0 fully saturated rings. The molecule has 1 aromatic rings. The summed E-state index contributed by atoms with van der Waals surface area (Å²) in [4.78, 5) is 13.4. The highest BCUT2D eigenvalue weighted by molar-refractivity contribution is 5.74. The van der Waals surface area contributed by atoms with Crippen molar-refractivity contribution >= 4 is 5.97 Å². The molecule has 0 unspecified atom stereocenters. The van der Waals surface area contributed by atoms with Gasteiger partial charge in [-0.25, -0.2) is 0 Å². The molecule has 0 heterocycles. The van der Waals surface area contributed by atoms with Gasteiger partial charge in [-0.1, -0.05) is 32.0 Å². The molecule has 0 amide bonds. The number of hydrogen-bond donors (Lipinski definition) is 1. The second-order valence-electron chi connectivity index (χ2n) is 4.70. The number of nitrogens with zero attached hydrogens (tertiary/aromatic N) is 1. The molecule has 0 saturated heterocycles. The molecule has 100 valence electrons. The number of hydrogen-bond acceptors (Lipinski definition) is 2. The highest BCUT2D eigenvalue weighted by atomic mass is 16.4. The Labute approximate surface area is 109 Å². The number of carboxylic acids is 1. The molecule has 1 aromatic carbocycles. The lowest BCUT2D eigenvalue weighted by Crippen LogP contribution is -2.42. The van der Waals surface area contributed by atoms with Gasteiger partial charge >= 0.3 is 5.97 Å². The number of aryl methyl sites for hydroxylation is 2. The zero-order valence-corrected chi connectivity index (χ0v) is 11.7. The maximum absolute atomic E-state index is 11.4. The van der Waals surface area contributed by atoms with Crippen molar-refractivity contribution in [2.45, 2.75) is 40.2 Å². The van der Waals surface area contributed by atoms with E-state index >= 15 is 0 Å². The van der Waals surface area contributed by atoms with Gasteiger partial charge in [0.15, 0.2) is 0 Å². The normalized spacial score (nSPS) is 12.7. The molecule has 1 atom stereocenters. The van der Waals surface area contributed by atoms with Crippen LogP contribution in [0.1, 0.15) is 30.5 Å². The standard InChI is InChI=1S/C15H23NO2/c1-5-16(6-2)14(15(17)18)10-13-8-7-11(3)12(4)9-13/h7-9,14H,5-6,10H2,1-4H3,(H,17,18)/t14-/m1/s1. The van der Waals surface area contributed by atoms with E-state index in [2.05, 4.69) is 26.0 Å². The molecular weight excluding hydrogens is 226 g/mol. The van der Waals surface area contributed by atoms with Crippen LogP contribution >= 0.6 is 0 Å². The maximum Gasteiger partial charge on any atom is 0.321 e. The van der Waals surface area contributed by atoms with Crippen molar-refractivity contribution < 1.29 is 9.90 Å². The lowest BCUT2D eigenvalue weighted by Gasteiger charge is -2.26. The topological polar surface area (TPSA) is 40.5 Å². The van der Waals surface area contributed by atoms with E-state index in [0.717, 1.165) is 18.7 Å². The van der Waals surface area contributed by atoms with E-state index in [-0.39, 0.29) is 0 Å². The van der Waals surface area contributed by atoms with Crippen LogP contribution in [0.5, 0.6) is 0 Å². The summed E-state index contributed by atoms with van der Waals surface area (Å²) in [5, 5.41) is 9.35. The first-order chi connectivity index (χ1) is 8.49. The number of benzene rings is 1. The van der Waals surface area contributed by atoms with Crippen molar-refractivity contribution in [1.82, 2.24) is 4.90 Å². The molecular formula is C15H23NO2. The van der Waals surface area contributed by atoms with E-state index in [0.29, 0.717) is 6.42 Å². The monoisotopic (exact) mass is 249 g/mol. The maximum atomic E-state index is 11.4. The van der Waals surface area contributed by atoms with E-state index in [1.807, 2.05) is 24.8 Å². The van der Waals surface area contributed by atoms with Crippen LogP contribution in [0.25, 0.3) is 0 Å². The van der Waals surface area contributed by atoms with Crippen molar-refractivity contribution in [2.75, 3.05) is 13.1 Å². The first kappa shape index (κ1) is 14.7. The molecule has 3 nitrogen and oxygen atoms in total. The molecule has 0 radical (unpaired) electrons. The average molecular weight is 249 g/mol. The van der Waals surface area contributed by atoms with Crippen LogP contribution in [0, 0.1) is 13.8 Å². The van der Waals surface area contributed by atoms with Gasteiger partial charge in [0.2, 0.25) is 0 Å². The Kier molecular flexibility index (Phi) is 5.35. The van der Waals surface area contributed by atoms with Gasteiger partial charge in [-0.05, 0) is 50.0 Å². The zero-order valence-electron chi connectivity index (χ0n) is 11.7. The number of likely N-dealkylation sites (N-methyl/N-ethyl adjacent to an activating group) is 1. The highest BCUT2D eigenvalue weighted by Crippen LogP contribution is 2.14. The molecule has 0 aliphatic rings. The van der Waals surface area contributed by atoms with Crippen LogP contribution < -0.4 is 0 Å². The molecule has 18 heavy (non-hydrogen) atoms. The van der Waals surface area contributed by atoms with Crippen molar-refractivity contribution in [1.29, 1.82) is 0 Å². The minimum atomic E-state index is -0.739. The van der Waals surface area contributed by atoms with E-state index in [1.165, 1.54) is 11.1 Å². The molecule has 0 spiro atoms. The van der Waals surface area contributed by atoms with Crippen molar-refractivity contribution in [3.05, 3.63) is 34.9 Å². The fraction of sp³-hybridized carbons (Fsp3) is 0.533. The van der Waals surface area contributed by atoms with Gasteiger partial charge in [0.25, 0.3) is 0 Å². The molecule has 0 aliphatic carbocycles. The van der Waals surface area contributed by atoms with Crippen LogP contribution in [0.4, 0.5) is 0 Å². The van der Waals surface area contributed by atoms with Gasteiger partial charge < -0.3 is 5.11 Å². The molecule has 1 N–H and O–H groups in total. The van der Waals surface area contributed by atoms with Gasteiger partial charge in [-0.3, -0.25) is 9.69 Å². The van der Waals surface area contributed by atoms with Crippen molar-refractivity contribution in [3.63, 3.8) is 0 Å². The van der Waals surface area contributed by atoms with Gasteiger partial charge in [0.1, 0.15) is 6.04 Å². The van der Waals surface area contributed by atoms with Crippen molar-refractivity contribution in [3.8, 4) is 0 Å². The van der Waals surface area contributed by atoms with Crippen LogP contribution in [0.2, 0.25) is 0 Å². The second kappa shape index (κ2) is 6.55. The summed E-state index contributed by atoms with van der Waals surface area (Å²) in [6.07, 6.45) is 0.568. The third-order valence-corrected chi connectivity index (χ3v) is 3.54. The van der Waals surface area contributed by atoms with Crippen LogP contribution in [0.3, 0.4) is 0 Å². The second-order valence-corrected chi connectivity index (χ2v) is 4.70. The van der Waals surface area contributed by atoms with Gasteiger partial charge in [-0.2, -0.15) is 0 Å². The summed E-state index contributed by atoms with van der Waals surface area (Å²) in [5.41, 5.74) is 3.56. The summed E-state index contributed by atoms with van der Waals surface area (Å²) >= 11 is 0. The lowest BCUT2D eigenvalue weighted by atomic mass is 10.00. The fourth-order valence-corrected chi connectivity index (χ4v) is 2.19. The molecule has 0 saturated carbocycles. The Morgan fingerprint density at radius 1 is 1.22 bits per heavy atom. The third kappa shape index (κ3) is 3.57. The Hall–Kier alpha value is -1.35. The first-order valence-electron chi connectivity index (χ1n) is 6.52. The molecule has 0 aromatic heterocycles. The Balaban J connectivity index is 2.89. The van der Waals surface area contributed by atoms with E-state index in [9.17, 15) is 9.90 Å². The number of carbonyl (C=O) groups is 1. The summed E-state index contributed by atoms with van der Waals surface area (Å²) in [6, 6.07) is 5.75. The summed E-state index contributed by atoms with van der Waals surface area (Å²) in [5.74, 6) is -0.739. The zero-order chi connectivity index (χ0) is 13.7. The predicted molar refractivity (Wildman–Crippen MR) is 74.0 cm³/mol. The van der Waals surface area contributed by atoms with Crippen LogP contribution in [-0.2, 0) is 11.2 Å².